The molecule has 9 heteroatoms. The van der Waals surface area contributed by atoms with Gasteiger partial charge in [0.05, 0.1) is 11.9 Å². The smallest absolute Gasteiger partial charge is 0.227 e. The van der Waals surface area contributed by atoms with Crippen LogP contribution in [-0.4, -0.2) is 72.7 Å². The Morgan fingerprint density at radius 3 is 2.36 bits per heavy atom. The standard InChI is InChI=1S/C16H29N5O3S/c1-13(2)11-21-14(10-18-16(21)25(3,23)24)12-20-8-6-19(7-9-20)5-4-15(17)22/h10,13H,4-9,11-12H2,1-3H3,(H2,17,22). The Bertz CT molecular complexity index is 691. The molecule has 142 valence electrons. The number of hydrogen-bond donors (Lipinski definition) is 1. The Morgan fingerprint density at radius 2 is 1.84 bits per heavy atom. The van der Waals surface area contributed by atoms with Gasteiger partial charge in [0.1, 0.15) is 0 Å². The lowest BCUT2D eigenvalue weighted by molar-refractivity contribution is -0.118. The highest BCUT2D eigenvalue weighted by molar-refractivity contribution is 7.90. The van der Waals surface area contributed by atoms with Crippen LogP contribution in [-0.2, 0) is 27.7 Å². The number of piperazine rings is 1. The summed E-state index contributed by atoms with van der Waals surface area (Å²) in [4.78, 5) is 19.6. The minimum atomic E-state index is -3.34. The lowest BCUT2D eigenvalue weighted by atomic mass is 10.2. The van der Waals surface area contributed by atoms with E-state index in [1.165, 1.54) is 6.26 Å². The average molecular weight is 372 g/mol. The highest BCUT2D eigenvalue weighted by Crippen LogP contribution is 2.17. The van der Waals surface area contributed by atoms with Crippen molar-refractivity contribution in [2.45, 2.75) is 38.5 Å². The summed E-state index contributed by atoms with van der Waals surface area (Å²) in [7, 11) is -3.34. The molecule has 0 saturated carbocycles. The second kappa shape index (κ2) is 8.29. The predicted octanol–water partition coefficient (Wildman–Crippen LogP) is -0.0644. The summed E-state index contributed by atoms with van der Waals surface area (Å²) in [5.41, 5.74) is 6.13. The summed E-state index contributed by atoms with van der Waals surface area (Å²) in [6.07, 6.45) is 3.27. The highest BCUT2D eigenvalue weighted by Gasteiger charge is 2.23. The van der Waals surface area contributed by atoms with E-state index in [4.69, 9.17) is 5.73 Å². The van der Waals surface area contributed by atoms with Gasteiger partial charge in [-0.1, -0.05) is 13.8 Å². The van der Waals surface area contributed by atoms with Crippen molar-refractivity contribution in [2.24, 2.45) is 11.7 Å². The summed E-state index contributed by atoms with van der Waals surface area (Å²) in [6, 6.07) is 0. The molecule has 0 atom stereocenters. The predicted molar refractivity (Wildman–Crippen MR) is 95.7 cm³/mol. The van der Waals surface area contributed by atoms with Crippen LogP contribution in [0, 0.1) is 5.92 Å². The number of sulfone groups is 1. The fourth-order valence-electron chi connectivity index (χ4n) is 3.04. The van der Waals surface area contributed by atoms with Crippen LogP contribution in [0.2, 0.25) is 0 Å². The quantitative estimate of drug-likeness (QED) is 0.687. The summed E-state index contributed by atoms with van der Waals surface area (Å²) < 4.78 is 25.8. The molecule has 1 aromatic rings. The van der Waals surface area contributed by atoms with Crippen LogP contribution in [0.5, 0.6) is 0 Å². The first kappa shape index (κ1) is 19.9. The van der Waals surface area contributed by atoms with Gasteiger partial charge < -0.3 is 15.2 Å². The molecule has 0 radical (unpaired) electrons. The lowest BCUT2D eigenvalue weighted by Crippen LogP contribution is -2.46. The summed E-state index contributed by atoms with van der Waals surface area (Å²) in [5.74, 6) is 0.0624. The zero-order valence-corrected chi connectivity index (χ0v) is 16.1. The number of carbonyl (C=O) groups excluding carboxylic acids is 1. The van der Waals surface area contributed by atoms with Crippen molar-refractivity contribution >= 4 is 15.7 Å². The van der Waals surface area contributed by atoms with E-state index < -0.39 is 9.84 Å². The minimum absolute atomic E-state index is 0.149. The van der Waals surface area contributed by atoms with Crippen molar-refractivity contribution in [3.8, 4) is 0 Å². The Hall–Kier alpha value is -1.45. The first-order chi connectivity index (χ1) is 11.7. The van der Waals surface area contributed by atoms with E-state index in [-0.39, 0.29) is 11.1 Å². The molecule has 0 spiro atoms. The van der Waals surface area contributed by atoms with Crippen LogP contribution in [0.15, 0.2) is 11.4 Å². The summed E-state index contributed by atoms with van der Waals surface area (Å²) >= 11 is 0. The Morgan fingerprint density at radius 1 is 1.24 bits per heavy atom. The zero-order valence-electron chi connectivity index (χ0n) is 15.3. The van der Waals surface area contributed by atoms with Gasteiger partial charge in [0, 0.05) is 58.5 Å². The van der Waals surface area contributed by atoms with Gasteiger partial charge in [-0.25, -0.2) is 13.4 Å². The Kier molecular flexibility index (Phi) is 6.59. The summed E-state index contributed by atoms with van der Waals surface area (Å²) in [5, 5.41) is 0.149. The van der Waals surface area contributed by atoms with E-state index >= 15 is 0 Å². The molecule has 8 nitrogen and oxygen atoms in total. The van der Waals surface area contributed by atoms with Gasteiger partial charge >= 0.3 is 0 Å². The molecule has 1 aliphatic rings. The van der Waals surface area contributed by atoms with Crippen molar-refractivity contribution in [3.05, 3.63) is 11.9 Å². The molecule has 1 amide bonds. The van der Waals surface area contributed by atoms with E-state index in [1.807, 2.05) is 4.57 Å². The third kappa shape index (κ3) is 5.79. The molecule has 1 saturated heterocycles. The van der Waals surface area contributed by atoms with E-state index in [9.17, 15) is 13.2 Å². The number of aromatic nitrogens is 2. The Balaban J connectivity index is 2.01. The SMILES string of the molecule is CC(C)Cn1c(CN2CCN(CCC(N)=O)CC2)cnc1S(C)(=O)=O. The number of primary amides is 1. The van der Waals surface area contributed by atoms with E-state index in [0.717, 1.165) is 31.9 Å². The number of nitrogens with two attached hydrogens (primary N) is 1. The minimum Gasteiger partial charge on any atom is -0.370 e. The van der Waals surface area contributed by atoms with Crippen LogP contribution >= 0.6 is 0 Å². The van der Waals surface area contributed by atoms with Crippen LogP contribution in [0.3, 0.4) is 0 Å². The van der Waals surface area contributed by atoms with Crippen molar-refractivity contribution in [1.29, 1.82) is 0 Å². The largest absolute Gasteiger partial charge is 0.370 e. The molecule has 1 aromatic heterocycles. The summed E-state index contributed by atoms with van der Waals surface area (Å²) in [6.45, 7) is 9.65. The average Bonchev–Trinajstić information content (AvgIpc) is 2.88. The van der Waals surface area contributed by atoms with Crippen LogP contribution < -0.4 is 5.73 Å². The number of amides is 1. The number of rotatable bonds is 8. The first-order valence-corrected chi connectivity index (χ1v) is 10.5. The molecule has 25 heavy (non-hydrogen) atoms. The maximum absolute atomic E-state index is 12.0. The molecule has 2 N–H and O–H groups in total. The lowest BCUT2D eigenvalue weighted by Gasteiger charge is -2.34. The van der Waals surface area contributed by atoms with Crippen LogP contribution in [0.1, 0.15) is 26.0 Å². The molecule has 0 aromatic carbocycles. The molecule has 2 rings (SSSR count). The third-order valence-corrected chi connectivity index (χ3v) is 5.30. The second-order valence-electron chi connectivity index (χ2n) is 7.14. The monoisotopic (exact) mass is 371 g/mol. The van der Waals surface area contributed by atoms with Crippen molar-refractivity contribution in [2.75, 3.05) is 39.0 Å². The van der Waals surface area contributed by atoms with Gasteiger partial charge in [0.2, 0.25) is 20.9 Å². The molecule has 1 aliphatic heterocycles. The zero-order chi connectivity index (χ0) is 18.6. The highest BCUT2D eigenvalue weighted by atomic mass is 32.2. The Labute approximate surface area is 149 Å². The van der Waals surface area contributed by atoms with E-state index in [2.05, 4.69) is 28.6 Å². The van der Waals surface area contributed by atoms with E-state index in [1.54, 1.807) is 6.20 Å². The maximum atomic E-state index is 12.0. The molecule has 0 bridgehead atoms. The topological polar surface area (TPSA) is 102 Å². The fourth-order valence-corrected chi connectivity index (χ4v) is 3.88. The fraction of sp³-hybridized carbons (Fsp3) is 0.750. The number of imidazole rings is 1. The normalized spacial score (nSPS) is 17.3. The number of hydrogen-bond acceptors (Lipinski definition) is 6. The molecular weight excluding hydrogens is 342 g/mol. The molecule has 0 aliphatic carbocycles. The van der Waals surface area contributed by atoms with Crippen LogP contribution in [0.25, 0.3) is 0 Å². The van der Waals surface area contributed by atoms with Gasteiger partial charge in [-0.15, -0.1) is 0 Å². The molecule has 2 heterocycles. The van der Waals surface area contributed by atoms with Crippen molar-refractivity contribution in [1.82, 2.24) is 19.4 Å². The van der Waals surface area contributed by atoms with Gasteiger partial charge in [-0.3, -0.25) is 9.69 Å². The molecular formula is C16H29N5O3S. The first-order valence-electron chi connectivity index (χ1n) is 8.64. The van der Waals surface area contributed by atoms with Gasteiger partial charge in [-0.05, 0) is 5.92 Å². The van der Waals surface area contributed by atoms with E-state index in [0.29, 0.717) is 32.0 Å². The molecule has 0 unspecified atom stereocenters. The maximum Gasteiger partial charge on any atom is 0.227 e. The third-order valence-electron chi connectivity index (χ3n) is 4.31. The molecule has 1 fully saturated rings. The van der Waals surface area contributed by atoms with Crippen LogP contribution in [0.4, 0.5) is 0 Å². The van der Waals surface area contributed by atoms with Gasteiger partial charge in [0.15, 0.2) is 0 Å². The number of nitrogens with zero attached hydrogens (tertiary/aromatic N) is 4. The van der Waals surface area contributed by atoms with Gasteiger partial charge in [0.25, 0.3) is 0 Å². The van der Waals surface area contributed by atoms with Crippen molar-refractivity contribution < 1.29 is 13.2 Å². The van der Waals surface area contributed by atoms with Crippen molar-refractivity contribution in [3.63, 3.8) is 0 Å². The second-order valence-corrected chi connectivity index (χ2v) is 9.05. The van der Waals surface area contributed by atoms with Gasteiger partial charge in [-0.2, -0.15) is 0 Å². The number of carbonyl (C=O) groups is 1.